The first kappa shape index (κ1) is 9.66. The standard InChI is InChI=1S/C12H18N2/c1-8-6-9-10(7-13-8)12(4,5)14-11(9,2)3/h6-7,14H,1-5H3. The van der Waals surface area contributed by atoms with E-state index < -0.39 is 0 Å². The van der Waals surface area contributed by atoms with E-state index in [1.165, 1.54) is 11.1 Å². The summed E-state index contributed by atoms with van der Waals surface area (Å²) in [5.74, 6) is 0. The molecule has 0 spiro atoms. The second kappa shape index (κ2) is 2.57. The highest BCUT2D eigenvalue weighted by Gasteiger charge is 2.41. The molecule has 0 aromatic carbocycles. The molecule has 0 bridgehead atoms. The monoisotopic (exact) mass is 190 g/mol. The van der Waals surface area contributed by atoms with E-state index in [4.69, 9.17) is 0 Å². The molecule has 0 atom stereocenters. The molecule has 2 rings (SSSR count). The largest absolute Gasteiger partial charge is 0.299 e. The number of hydrogen-bond donors (Lipinski definition) is 1. The van der Waals surface area contributed by atoms with E-state index in [1.54, 1.807) is 0 Å². The predicted molar refractivity (Wildman–Crippen MR) is 58.2 cm³/mol. The molecule has 0 aliphatic carbocycles. The Hall–Kier alpha value is -0.890. The minimum atomic E-state index is 0.0412. The summed E-state index contributed by atoms with van der Waals surface area (Å²) in [4.78, 5) is 4.37. The van der Waals surface area contributed by atoms with Gasteiger partial charge in [-0.1, -0.05) is 0 Å². The lowest BCUT2D eigenvalue weighted by Gasteiger charge is -2.25. The summed E-state index contributed by atoms with van der Waals surface area (Å²) < 4.78 is 0. The predicted octanol–water partition coefficient (Wildman–Crippen LogP) is 2.46. The molecule has 0 unspecified atom stereocenters. The number of nitrogens with one attached hydrogen (secondary N) is 1. The van der Waals surface area contributed by atoms with Crippen molar-refractivity contribution in [2.45, 2.75) is 45.7 Å². The first-order chi connectivity index (χ1) is 6.33. The third kappa shape index (κ3) is 1.25. The molecule has 0 radical (unpaired) electrons. The second-order valence-corrected chi connectivity index (χ2v) is 5.25. The second-order valence-electron chi connectivity index (χ2n) is 5.25. The van der Waals surface area contributed by atoms with Crippen LogP contribution in [0.3, 0.4) is 0 Å². The average molecular weight is 190 g/mol. The van der Waals surface area contributed by atoms with E-state index in [9.17, 15) is 0 Å². The molecule has 2 heterocycles. The van der Waals surface area contributed by atoms with Gasteiger partial charge in [-0.15, -0.1) is 0 Å². The Bertz CT molecular complexity index is 378. The molecule has 76 valence electrons. The Morgan fingerprint density at radius 3 is 2.29 bits per heavy atom. The van der Waals surface area contributed by atoms with Crippen molar-refractivity contribution in [3.8, 4) is 0 Å². The van der Waals surface area contributed by atoms with Gasteiger partial charge in [0.25, 0.3) is 0 Å². The van der Waals surface area contributed by atoms with Crippen LogP contribution in [0.1, 0.15) is 44.5 Å². The highest BCUT2D eigenvalue weighted by Crippen LogP contribution is 2.40. The van der Waals surface area contributed by atoms with Crippen LogP contribution in [-0.2, 0) is 11.1 Å². The van der Waals surface area contributed by atoms with Gasteiger partial charge in [0.15, 0.2) is 0 Å². The Kier molecular flexibility index (Phi) is 1.77. The van der Waals surface area contributed by atoms with Crippen LogP contribution in [0.25, 0.3) is 0 Å². The minimum Gasteiger partial charge on any atom is -0.299 e. The molecule has 0 amide bonds. The Morgan fingerprint density at radius 2 is 1.64 bits per heavy atom. The van der Waals surface area contributed by atoms with Crippen LogP contribution in [-0.4, -0.2) is 4.98 Å². The molecule has 1 aromatic heterocycles. The van der Waals surface area contributed by atoms with Gasteiger partial charge in [0, 0.05) is 23.0 Å². The maximum Gasteiger partial charge on any atom is 0.0403 e. The van der Waals surface area contributed by atoms with Crippen LogP contribution < -0.4 is 5.32 Å². The van der Waals surface area contributed by atoms with Crippen LogP contribution in [0.5, 0.6) is 0 Å². The molecular formula is C12H18N2. The van der Waals surface area contributed by atoms with Gasteiger partial charge >= 0.3 is 0 Å². The summed E-state index contributed by atoms with van der Waals surface area (Å²) in [7, 11) is 0. The van der Waals surface area contributed by atoms with E-state index in [0.717, 1.165) is 5.69 Å². The molecular weight excluding hydrogens is 172 g/mol. The van der Waals surface area contributed by atoms with Gasteiger partial charge in [-0.05, 0) is 51.8 Å². The molecule has 2 heteroatoms. The van der Waals surface area contributed by atoms with Gasteiger partial charge in [-0.25, -0.2) is 0 Å². The van der Waals surface area contributed by atoms with E-state index in [1.807, 2.05) is 13.1 Å². The fourth-order valence-electron chi connectivity index (χ4n) is 2.49. The van der Waals surface area contributed by atoms with Gasteiger partial charge in [-0.2, -0.15) is 0 Å². The van der Waals surface area contributed by atoms with Gasteiger partial charge < -0.3 is 0 Å². The summed E-state index contributed by atoms with van der Waals surface area (Å²) >= 11 is 0. The third-order valence-electron chi connectivity index (χ3n) is 3.01. The number of rotatable bonds is 0. The topological polar surface area (TPSA) is 24.9 Å². The van der Waals surface area contributed by atoms with E-state index in [2.05, 4.69) is 44.1 Å². The molecule has 0 fully saturated rings. The number of hydrogen-bond acceptors (Lipinski definition) is 2. The van der Waals surface area contributed by atoms with Gasteiger partial charge in [0.05, 0.1) is 0 Å². The zero-order valence-corrected chi connectivity index (χ0v) is 9.60. The zero-order valence-electron chi connectivity index (χ0n) is 9.60. The van der Waals surface area contributed by atoms with Crippen molar-refractivity contribution in [1.29, 1.82) is 0 Å². The van der Waals surface area contributed by atoms with Crippen LogP contribution in [0.4, 0.5) is 0 Å². The highest BCUT2D eigenvalue weighted by molar-refractivity contribution is 5.42. The average Bonchev–Trinajstić information content (AvgIpc) is 2.17. The minimum absolute atomic E-state index is 0.0412. The third-order valence-corrected chi connectivity index (χ3v) is 3.01. The molecule has 14 heavy (non-hydrogen) atoms. The number of aromatic nitrogens is 1. The fraction of sp³-hybridized carbons (Fsp3) is 0.583. The summed E-state index contributed by atoms with van der Waals surface area (Å²) in [6.45, 7) is 10.9. The lowest BCUT2D eigenvalue weighted by molar-refractivity contribution is 0.319. The van der Waals surface area contributed by atoms with E-state index >= 15 is 0 Å². The van der Waals surface area contributed by atoms with Crippen molar-refractivity contribution in [2.75, 3.05) is 0 Å². The molecule has 1 aliphatic rings. The normalized spacial score (nSPS) is 22.1. The van der Waals surface area contributed by atoms with Crippen molar-refractivity contribution >= 4 is 0 Å². The molecule has 0 saturated carbocycles. The number of nitrogens with zero attached hydrogens (tertiary/aromatic N) is 1. The first-order valence-corrected chi connectivity index (χ1v) is 5.10. The fourth-order valence-corrected chi connectivity index (χ4v) is 2.49. The van der Waals surface area contributed by atoms with Gasteiger partial charge in [-0.3, -0.25) is 10.3 Å². The Balaban J connectivity index is 2.66. The Labute approximate surface area is 85.7 Å². The Morgan fingerprint density at radius 1 is 1.07 bits per heavy atom. The van der Waals surface area contributed by atoms with E-state index in [-0.39, 0.29) is 11.1 Å². The maximum absolute atomic E-state index is 4.37. The number of aryl methyl sites for hydroxylation is 1. The summed E-state index contributed by atoms with van der Waals surface area (Å²) in [6, 6.07) is 2.19. The van der Waals surface area contributed by atoms with Crippen LogP contribution in [0, 0.1) is 6.92 Å². The molecule has 2 nitrogen and oxygen atoms in total. The molecule has 1 aliphatic heterocycles. The van der Waals surface area contributed by atoms with Crippen molar-refractivity contribution < 1.29 is 0 Å². The van der Waals surface area contributed by atoms with Crippen LogP contribution in [0.15, 0.2) is 12.3 Å². The van der Waals surface area contributed by atoms with Crippen molar-refractivity contribution in [3.63, 3.8) is 0 Å². The lowest BCUT2D eigenvalue weighted by atomic mass is 9.92. The quantitative estimate of drug-likeness (QED) is 0.679. The van der Waals surface area contributed by atoms with Crippen molar-refractivity contribution in [2.24, 2.45) is 0 Å². The van der Waals surface area contributed by atoms with Crippen LogP contribution >= 0.6 is 0 Å². The SMILES string of the molecule is Cc1cc2c(cn1)C(C)(C)NC2(C)C. The smallest absolute Gasteiger partial charge is 0.0403 e. The zero-order chi connectivity index (χ0) is 10.6. The summed E-state index contributed by atoms with van der Waals surface area (Å²) in [6.07, 6.45) is 2.01. The maximum atomic E-state index is 4.37. The van der Waals surface area contributed by atoms with Crippen molar-refractivity contribution in [1.82, 2.24) is 10.3 Å². The van der Waals surface area contributed by atoms with Crippen LogP contribution in [0.2, 0.25) is 0 Å². The van der Waals surface area contributed by atoms with Gasteiger partial charge in [0.1, 0.15) is 0 Å². The van der Waals surface area contributed by atoms with Gasteiger partial charge in [0.2, 0.25) is 0 Å². The number of fused-ring (bicyclic) bond motifs is 1. The number of pyridine rings is 1. The highest BCUT2D eigenvalue weighted by atomic mass is 15.1. The summed E-state index contributed by atoms with van der Waals surface area (Å²) in [5.41, 5.74) is 3.91. The molecule has 0 saturated heterocycles. The molecule has 1 N–H and O–H groups in total. The molecule has 1 aromatic rings. The lowest BCUT2D eigenvalue weighted by Crippen LogP contribution is -2.39. The first-order valence-electron chi connectivity index (χ1n) is 5.10. The van der Waals surface area contributed by atoms with Crippen molar-refractivity contribution in [3.05, 3.63) is 29.1 Å². The summed E-state index contributed by atoms with van der Waals surface area (Å²) in [5, 5.41) is 3.62. The van der Waals surface area contributed by atoms with E-state index in [0.29, 0.717) is 0 Å².